The monoisotopic (exact) mass is 300 g/mol. The summed E-state index contributed by atoms with van der Waals surface area (Å²) in [4.78, 5) is 0. The van der Waals surface area contributed by atoms with E-state index >= 15 is 0 Å². The highest BCUT2D eigenvalue weighted by atomic mass is 16.5. The van der Waals surface area contributed by atoms with Gasteiger partial charge in [-0.1, -0.05) is 42.5 Å². The van der Waals surface area contributed by atoms with E-state index in [2.05, 4.69) is 6.07 Å². The second kappa shape index (κ2) is 6.67. The average Bonchev–Trinajstić information content (AvgIpc) is 2.61. The molecule has 3 rings (SSSR count). The van der Waals surface area contributed by atoms with Gasteiger partial charge in [0.1, 0.15) is 12.4 Å². The number of hydrogen-bond donors (Lipinski definition) is 1. The highest BCUT2D eigenvalue weighted by Gasteiger charge is 2.06. The molecule has 0 bridgehead atoms. The number of nitriles is 1. The summed E-state index contributed by atoms with van der Waals surface area (Å²) < 4.78 is 5.78. The standard InChI is InChI=1S/C20H16N2O/c21-13-16-7-4-8-17(11-16)19-10-9-18(12-20(19)22)23-14-15-5-2-1-3-6-15/h1-12H,14,22H2. The van der Waals surface area contributed by atoms with Crippen LogP contribution in [-0.4, -0.2) is 0 Å². The van der Waals surface area contributed by atoms with Crippen molar-refractivity contribution in [2.75, 3.05) is 5.73 Å². The van der Waals surface area contributed by atoms with E-state index in [4.69, 9.17) is 15.7 Å². The van der Waals surface area contributed by atoms with Crippen LogP contribution in [0.1, 0.15) is 11.1 Å². The fourth-order valence-electron chi connectivity index (χ4n) is 2.39. The first-order valence-electron chi connectivity index (χ1n) is 7.33. The van der Waals surface area contributed by atoms with E-state index in [1.165, 1.54) is 0 Å². The number of ether oxygens (including phenoxy) is 1. The fourth-order valence-corrected chi connectivity index (χ4v) is 2.39. The van der Waals surface area contributed by atoms with E-state index in [9.17, 15) is 0 Å². The maximum absolute atomic E-state index is 9.00. The Labute approximate surface area is 135 Å². The number of anilines is 1. The quantitative estimate of drug-likeness (QED) is 0.727. The molecule has 0 aliphatic heterocycles. The molecule has 0 atom stereocenters. The lowest BCUT2D eigenvalue weighted by molar-refractivity contribution is 0.306. The average molecular weight is 300 g/mol. The van der Waals surface area contributed by atoms with Crippen LogP contribution < -0.4 is 10.5 Å². The maximum Gasteiger partial charge on any atom is 0.121 e. The van der Waals surface area contributed by atoms with Crippen LogP contribution in [0, 0.1) is 11.3 Å². The lowest BCUT2D eigenvalue weighted by atomic mass is 10.0. The summed E-state index contributed by atoms with van der Waals surface area (Å²) in [6.07, 6.45) is 0. The van der Waals surface area contributed by atoms with Crippen molar-refractivity contribution in [2.45, 2.75) is 6.61 Å². The third kappa shape index (κ3) is 3.50. The summed E-state index contributed by atoms with van der Waals surface area (Å²) in [5.41, 5.74) is 10.3. The van der Waals surface area contributed by atoms with E-state index in [1.807, 2.05) is 66.7 Å². The van der Waals surface area contributed by atoms with Crippen molar-refractivity contribution in [2.24, 2.45) is 0 Å². The Morgan fingerprint density at radius 3 is 2.48 bits per heavy atom. The van der Waals surface area contributed by atoms with Crippen molar-refractivity contribution in [3.8, 4) is 22.9 Å². The van der Waals surface area contributed by atoms with Gasteiger partial charge >= 0.3 is 0 Å². The van der Waals surface area contributed by atoms with Crippen molar-refractivity contribution in [3.63, 3.8) is 0 Å². The zero-order chi connectivity index (χ0) is 16.1. The minimum atomic E-state index is 0.504. The Morgan fingerprint density at radius 1 is 0.913 bits per heavy atom. The molecule has 3 nitrogen and oxygen atoms in total. The van der Waals surface area contributed by atoms with Crippen LogP contribution in [0.3, 0.4) is 0 Å². The van der Waals surface area contributed by atoms with E-state index in [0.717, 1.165) is 22.4 Å². The summed E-state index contributed by atoms with van der Waals surface area (Å²) in [5, 5.41) is 9.00. The lowest BCUT2D eigenvalue weighted by Gasteiger charge is -2.10. The van der Waals surface area contributed by atoms with Gasteiger partial charge in [-0.25, -0.2) is 0 Å². The van der Waals surface area contributed by atoms with Gasteiger partial charge in [0.25, 0.3) is 0 Å². The van der Waals surface area contributed by atoms with Crippen molar-refractivity contribution >= 4 is 5.69 Å². The molecule has 0 saturated heterocycles. The molecule has 23 heavy (non-hydrogen) atoms. The molecule has 0 amide bonds. The minimum Gasteiger partial charge on any atom is -0.489 e. The molecule has 0 saturated carbocycles. The first-order chi connectivity index (χ1) is 11.3. The molecule has 3 aromatic rings. The third-order valence-corrected chi connectivity index (χ3v) is 3.57. The van der Waals surface area contributed by atoms with Gasteiger partial charge in [-0.15, -0.1) is 0 Å². The summed E-state index contributed by atoms with van der Waals surface area (Å²) in [5.74, 6) is 0.728. The Bertz CT molecular complexity index is 851. The Balaban J connectivity index is 1.79. The predicted molar refractivity (Wildman–Crippen MR) is 91.8 cm³/mol. The van der Waals surface area contributed by atoms with Crippen molar-refractivity contribution in [3.05, 3.63) is 83.9 Å². The number of benzene rings is 3. The summed E-state index contributed by atoms with van der Waals surface area (Å²) in [6, 6.07) is 25.2. The smallest absolute Gasteiger partial charge is 0.121 e. The topological polar surface area (TPSA) is 59.0 Å². The van der Waals surface area contributed by atoms with E-state index in [-0.39, 0.29) is 0 Å². The Hall–Kier alpha value is -3.25. The van der Waals surface area contributed by atoms with E-state index < -0.39 is 0 Å². The summed E-state index contributed by atoms with van der Waals surface area (Å²) in [6.45, 7) is 0.504. The molecule has 3 heteroatoms. The highest BCUT2D eigenvalue weighted by Crippen LogP contribution is 2.30. The minimum absolute atomic E-state index is 0.504. The Kier molecular flexibility index (Phi) is 4.26. The van der Waals surface area contributed by atoms with Crippen LogP contribution in [0.25, 0.3) is 11.1 Å². The second-order valence-electron chi connectivity index (χ2n) is 5.22. The van der Waals surface area contributed by atoms with Gasteiger partial charge in [-0.05, 0) is 35.4 Å². The van der Waals surface area contributed by atoms with E-state index in [0.29, 0.717) is 17.9 Å². The third-order valence-electron chi connectivity index (χ3n) is 3.57. The van der Waals surface area contributed by atoms with Gasteiger partial charge in [0.15, 0.2) is 0 Å². The van der Waals surface area contributed by atoms with E-state index in [1.54, 1.807) is 6.07 Å². The van der Waals surface area contributed by atoms with Crippen LogP contribution in [0.4, 0.5) is 5.69 Å². The second-order valence-corrected chi connectivity index (χ2v) is 5.22. The summed E-state index contributed by atoms with van der Waals surface area (Å²) >= 11 is 0. The summed E-state index contributed by atoms with van der Waals surface area (Å²) in [7, 11) is 0. The largest absolute Gasteiger partial charge is 0.489 e. The molecule has 0 fully saturated rings. The molecule has 0 aromatic heterocycles. The first kappa shape index (κ1) is 14.7. The van der Waals surface area contributed by atoms with Gasteiger partial charge in [0.2, 0.25) is 0 Å². The lowest BCUT2D eigenvalue weighted by Crippen LogP contribution is -1.97. The molecular formula is C20H16N2O. The van der Waals surface area contributed by atoms with Crippen LogP contribution in [0.2, 0.25) is 0 Å². The van der Waals surface area contributed by atoms with Gasteiger partial charge in [0, 0.05) is 17.3 Å². The van der Waals surface area contributed by atoms with Crippen LogP contribution in [0.5, 0.6) is 5.75 Å². The number of rotatable bonds is 4. The fraction of sp³-hybridized carbons (Fsp3) is 0.0500. The molecule has 0 spiro atoms. The molecule has 2 N–H and O–H groups in total. The zero-order valence-electron chi connectivity index (χ0n) is 12.6. The predicted octanol–water partition coefficient (Wildman–Crippen LogP) is 4.39. The molecule has 0 heterocycles. The van der Waals surface area contributed by atoms with Crippen molar-refractivity contribution in [1.29, 1.82) is 5.26 Å². The Morgan fingerprint density at radius 2 is 1.74 bits per heavy atom. The number of nitrogen functional groups attached to an aromatic ring is 1. The van der Waals surface area contributed by atoms with Gasteiger partial charge < -0.3 is 10.5 Å². The first-order valence-corrected chi connectivity index (χ1v) is 7.33. The molecule has 3 aromatic carbocycles. The highest BCUT2D eigenvalue weighted by molar-refractivity contribution is 5.78. The molecule has 112 valence electrons. The maximum atomic E-state index is 9.00. The number of nitrogens with zero attached hydrogens (tertiary/aromatic N) is 1. The van der Waals surface area contributed by atoms with Gasteiger partial charge in [-0.2, -0.15) is 5.26 Å². The molecule has 0 aliphatic rings. The van der Waals surface area contributed by atoms with Crippen molar-refractivity contribution in [1.82, 2.24) is 0 Å². The molecule has 0 aliphatic carbocycles. The molecular weight excluding hydrogens is 284 g/mol. The number of nitrogens with two attached hydrogens (primary N) is 1. The SMILES string of the molecule is N#Cc1cccc(-c2ccc(OCc3ccccc3)cc2N)c1. The molecule has 0 unspecified atom stereocenters. The number of hydrogen-bond acceptors (Lipinski definition) is 3. The zero-order valence-corrected chi connectivity index (χ0v) is 12.6. The normalized spacial score (nSPS) is 10.0. The van der Waals surface area contributed by atoms with Crippen LogP contribution >= 0.6 is 0 Å². The van der Waals surface area contributed by atoms with Gasteiger partial charge in [-0.3, -0.25) is 0 Å². The van der Waals surface area contributed by atoms with Gasteiger partial charge in [0.05, 0.1) is 11.6 Å². The van der Waals surface area contributed by atoms with Crippen LogP contribution in [-0.2, 0) is 6.61 Å². The van der Waals surface area contributed by atoms with Crippen LogP contribution in [0.15, 0.2) is 72.8 Å². The molecule has 0 radical (unpaired) electrons. The van der Waals surface area contributed by atoms with Crippen molar-refractivity contribution < 1.29 is 4.74 Å².